The molecule has 0 bridgehead atoms. The van der Waals surface area contributed by atoms with Gasteiger partial charge in [0.15, 0.2) is 0 Å². The van der Waals surface area contributed by atoms with Crippen LogP contribution < -0.4 is 16.0 Å². The molecule has 2 amide bonds. The summed E-state index contributed by atoms with van der Waals surface area (Å²) in [4.78, 5) is 22.6. The molecule has 0 atom stereocenters. The number of carbonyl (C=O) groups is 2. The zero-order valence-corrected chi connectivity index (χ0v) is 12.1. The summed E-state index contributed by atoms with van der Waals surface area (Å²) in [5.74, 6) is -0.603. The highest BCUT2D eigenvalue weighted by atomic mass is 16.2. The van der Waals surface area contributed by atoms with Crippen LogP contribution in [0.5, 0.6) is 0 Å². The number of benzene rings is 1. The molecule has 3 N–H and O–H groups in total. The number of amides is 2. The van der Waals surface area contributed by atoms with Gasteiger partial charge in [0, 0.05) is 31.9 Å². The minimum absolute atomic E-state index is 0.0284. The molecule has 0 unspecified atom stereocenters. The van der Waals surface area contributed by atoms with Gasteiger partial charge in [0.1, 0.15) is 11.6 Å². The van der Waals surface area contributed by atoms with E-state index >= 15 is 0 Å². The zero-order valence-electron chi connectivity index (χ0n) is 12.1. The normalized spacial score (nSPS) is 10.4. The second kappa shape index (κ2) is 8.38. The Balaban J connectivity index is 2.53. The molecular weight excluding hydrogens is 268 g/mol. The van der Waals surface area contributed by atoms with E-state index in [1.54, 1.807) is 6.07 Å². The van der Waals surface area contributed by atoms with E-state index in [1.807, 2.05) is 31.2 Å². The fourth-order valence-corrected chi connectivity index (χ4v) is 1.55. The molecule has 6 heteroatoms. The van der Waals surface area contributed by atoms with E-state index in [1.165, 1.54) is 13.1 Å². The predicted octanol–water partition coefficient (Wildman–Crippen LogP) is 1.07. The highest BCUT2D eigenvalue weighted by molar-refractivity contribution is 6.06. The molecule has 0 aliphatic heterocycles. The molecule has 0 radical (unpaired) electrons. The maximum atomic E-state index is 11.9. The molecule has 0 aliphatic rings. The second-order valence-corrected chi connectivity index (χ2v) is 4.43. The first kappa shape index (κ1) is 16.2. The third kappa shape index (κ3) is 6.25. The molecular formula is C15H18N4O2. The van der Waals surface area contributed by atoms with Crippen LogP contribution in [-0.4, -0.2) is 24.9 Å². The zero-order chi connectivity index (χ0) is 15.7. The van der Waals surface area contributed by atoms with Crippen molar-refractivity contribution < 1.29 is 9.59 Å². The quantitative estimate of drug-likeness (QED) is 0.414. The van der Waals surface area contributed by atoms with Crippen LogP contribution in [-0.2, 0) is 9.59 Å². The molecule has 1 rings (SSSR count). The molecule has 0 aliphatic carbocycles. The van der Waals surface area contributed by atoms with Gasteiger partial charge in [-0.1, -0.05) is 12.1 Å². The highest BCUT2D eigenvalue weighted by Crippen LogP contribution is 2.10. The summed E-state index contributed by atoms with van der Waals surface area (Å²) in [6.45, 7) is 4.19. The van der Waals surface area contributed by atoms with Gasteiger partial charge in [0.25, 0.3) is 5.91 Å². The Hall–Kier alpha value is -2.81. The molecule has 0 saturated carbocycles. The molecule has 0 saturated heterocycles. The van der Waals surface area contributed by atoms with E-state index in [0.29, 0.717) is 18.8 Å². The van der Waals surface area contributed by atoms with Crippen LogP contribution in [0.4, 0.5) is 5.69 Å². The van der Waals surface area contributed by atoms with Crippen molar-refractivity contribution in [3.63, 3.8) is 0 Å². The van der Waals surface area contributed by atoms with Crippen LogP contribution in [0.25, 0.3) is 0 Å². The number of anilines is 1. The minimum atomic E-state index is -0.477. The number of nitrogens with zero attached hydrogens (tertiary/aromatic N) is 1. The summed E-state index contributed by atoms with van der Waals surface area (Å²) in [7, 11) is 0. The monoisotopic (exact) mass is 286 g/mol. The molecule has 0 fully saturated rings. The minimum Gasteiger partial charge on any atom is -0.388 e. The van der Waals surface area contributed by atoms with Crippen LogP contribution in [0.3, 0.4) is 0 Å². The molecule has 0 heterocycles. The molecule has 21 heavy (non-hydrogen) atoms. The number of nitrogens with one attached hydrogen (secondary N) is 3. The molecule has 0 spiro atoms. The van der Waals surface area contributed by atoms with Crippen molar-refractivity contribution in [1.82, 2.24) is 10.6 Å². The van der Waals surface area contributed by atoms with Crippen LogP contribution in [0.2, 0.25) is 0 Å². The first-order chi connectivity index (χ1) is 10.0. The van der Waals surface area contributed by atoms with Gasteiger partial charge in [-0.15, -0.1) is 0 Å². The van der Waals surface area contributed by atoms with Crippen molar-refractivity contribution in [2.24, 2.45) is 0 Å². The fraction of sp³-hybridized carbons (Fsp3) is 0.267. The number of hydrogen-bond acceptors (Lipinski definition) is 4. The van der Waals surface area contributed by atoms with E-state index < -0.39 is 5.91 Å². The Kier molecular flexibility index (Phi) is 6.48. The topological polar surface area (TPSA) is 94.0 Å². The lowest BCUT2D eigenvalue weighted by atomic mass is 10.2. The van der Waals surface area contributed by atoms with Gasteiger partial charge in [-0.3, -0.25) is 9.59 Å². The number of nitriles is 1. The molecule has 1 aromatic rings. The largest absolute Gasteiger partial charge is 0.388 e. The van der Waals surface area contributed by atoms with E-state index in [0.717, 1.165) is 5.56 Å². The van der Waals surface area contributed by atoms with E-state index in [4.69, 9.17) is 5.26 Å². The summed E-state index contributed by atoms with van der Waals surface area (Å²) in [5, 5.41) is 17.0. The standard InChI is InChI=1S/C15H18N4O2/c1-11-4-3-5-14(8-11)19-15(21)13(9-16)10-17-6-7-18-12(2)20/h3-5,8,10,17H,6-7H2,1-2H3,(H,18,20)(H,19,21)/b13-10-. The maximum absolute atomic E-state index is 11.9. The van der Waals surface area contributed by atoms with Crippen LogP contribution in [0.15, 0.2) is 36.0 Å². The van der Waals surface area contributed by atoms with Crippen molar-refractivity contribution in [2.45, 2.75) is 13.8 Å². The summed E-state index contributed by atoms with van der Waals surface area (Å²) >= 11 is 0. The molecule has 110 valence electrons. The fourth-order valence-electron chi connectivity index (χ4n) is 1.55. The van der Waals surface area contributed by atoms with E-state index in [-0.39, 0.29) is 11.5 Å². The Bertz CT molecular complexity index is 588. The van der Waals surface area contributed by atoms with Gasteiger partial charge in [-0.25, -0.2) is 0 Å². The van der Waals surface area contributed by atoms with Crippen molar-refractivity contribution in [1.29, 1.82) is 5.26 Å². The number of rotatable bonds is 6. The van der Waals surface area contributed by atoms with Gasteiger partial charge < -0.3 is 16.0 Å². The van der Waals surface area contributed by atoms with Crippen molar-refractivity contribution in [2.75, 3.05) is 18.4 Å². The smallest absolute Gasteiger partial charge is 0.267 e. The number of aryl methyl sites for hydroxylation is 1. The Morgan fingerprint density at radius 2 is 2.10 bits per heavy atom. The van der Waals surface area contributed by atoms with Crippen molar-refractivity contribution >= 4 is 17.5 Å². The number of carbonyl (C=O) groups excluding carboxylic acids is 2. The van der Waals surface area contributed by atoms with Crippen molar-refractivity contribution in [3.05, 3.63) is 41.6 Å². The predicted molar refractivity (Wildman–Crippen MR) is 80.2 cm³/mol. The lowest BCUT2D eigenvalue weighted by molar-refractivity contribution is -0.119. The van der Waals surface area contributed by atoms with Gasteiger partial charge >= 0.3 is 0 Å². The maximum Gasteiger partial charge on any atom is 0.267 e. The average molecular weight is 286 g/mol. The molecule has 6 nitrogen and oxygen atoms in total. The Labute approximate surface area is 123 Å². The van der Waals surface area contributed by atoms with Crippen molar-refractivity contribution in [3.8, 4) is 6.07 Å². The Morgan fingerprint density at radius 1 is 1.33 bits per heavy atom. The third-order valence-electron chi connectivity index (χ3n) is 2.53. The van der Waals surface area contributed by atoms with Crippen LogP contribution >= 0.6 is 0 Å². The summed E-state index contributed by atoms with van der Waals surface area (Å²) in [6.07, 6.45) is 1.34. The Morgan fingerprint density at radius 3 is 2.71 bits per heavy atom. The van der Waals surface area contributed by atoms with Gasteiger partial charge in [-0.2, -0.15) is 5.26 Å². The summed E-state index contributed by atoms with van der Waals surface area (Å²) in [6, 6.07) is 9.15. The molecule has 1 aromatic carbocycles. The summed E-state index contributed by atoms with van der Waals surface area (Å²) < 4.78 is 0. The summed E-state index contributed by atoms with van der Waals surface area (Å²) in [5.41, 5.74) is 1.63. The molecule has 0 aromatic heterocycles. The SMILES string of the molecule is CC(=O)NCCN/C=C(/C#N)C(=O)Nc1cccc(C)c1. The lowest BCUT2D eigenvalue weighted by Gasteiger charge is -2.06. The van der Waals surface area contributed by atoms with Gasteiger partial charge in [0.2, 0.25) is 5.91 Å². The first-order valence-electron chi connectivity index (χ1n) is 6.49. The van der Waals surface area contributed by atoms with Gasteiger partial charge in [0.05, 0.1) is 0 Å². The first-order valence-corrected chi connectivity index (χ1v) is 6.49. The van der Waals surface area contributed by atoms with E-state index in [2.05, 4.69) is 16.0 Å². The second-order valence-electron chi connectivity index (χ2n) is 4.43. The number of hydrogen-bond donors (Lipinski definition) is 3. The third-order valence-corrected chi connectivity index (χ3v) is 2.53. The van der Waals surface area contributed by atoms with Crippen LogP contribution in [0, 0.1) is 18.3 Å². The van der Waals surface area contributed by atoms with Crippen LogP contribution in [0.1, 0.15) is 12.5 Å². The van der Waals surface area contributed by atoms with Gasteiger partial charge in [-0.05, 0) is 24.6 Å². The highest BCUT2D eigenvalue weighted by Gasteiger charge is 2.08. The average Bonchev–Trinajstić information content (AvgIpc) is 2.42. The lowest BCUT2D eigenvalue weighted by Crippen LogP contribution is -2.28. The van der Waals surface area contributed by atoms with E-state index in [9.17, 15) is 9.59 Å².